The number of hydrogen-bond acceptors (Lipinski definition) is 3. The molecule has 0 bridgehead atoms. The van der Waals surface area contributed by atoms with Crippen LogP contribution in [-0.2, 0) is 9.53 Å². The molecule has 0 N–H and O–H groups in total. The Hall–Kier alpha value is -1.78. The number of rotatable bonds is 3. The predicted octanol–water partition coefficient (Wildman–Crippen LogP) is 3.13. The zero-order valence-corrected chi connectivity index (χ0v) is 11.2. The summed E-state index contributed by atoms with van der Waals surface area (Å²) >= 11 is 0. The Balaban J connectivity index is 2.03. The maximum atomic E-state index is 13.6. The van der Waals surface area contributed by atoms with Crippen molar-refractivity contribution in [1.29, 1.82) is 0 Å². The number of carbonyl (C=O) groups excluding carboxylic acids is 2. The molecule has 2 rings (SSSR count). The fourth-order valence-electron chi connectivity index (χ4n) is 2.67. The number of Topliss-reactive ketones (excluding diaryl/α,β-unsaturated/α-hetero) is 1. The second-order valence-electron chi connectivity index (χ2n) is 5.06. The monoisotopic (exact) mass is 282 g/mol. The van der Waals surface area contributed by atoms with Crippen LogP contribution in [0, 0.1) is 23.5 Å². The van der Waals surface area contributed by atoms with E-state index in [1.165, 1.54) is 13.2 Å². The summed E-state index contributed by atoms with van der Waals surface area (Å²) in [4.78, 5) is 23.6. The van der Waals surface area contributed by atoms with Gasteiger partial charge in [0.05, 0.1) is 18.6 Å². The average Bonchev–Trinajstić information content (AvgIpc) is 2.46. The van der Waals surface area contributed by atoms with Crippen molar-refractivity contribution in [3.05, 3.63) is 35.4 Å². The highest BCUT2D eigenvalue weighted by atomic mass is 19.1. The molecule has 0 aliphatic heterocycles. The standard InChI is InChI=1S/C15H16F2O3/c1-20-15(19)10-4-2-9(3-5-10)14(18)12-7-6-11(16)8-13(12)17/h6-10H,2-5H2,1H3. The van der Waals surface area contributed by atoms with Gasteiger partial charge in [-0.15, -0.1) is 0 Å². The summed E-state index contributed by atoms with van der Waals surface area (Å²) in [5.74, 6) is -2.59. The largest absolute Gasteiger partial charge is 0.469 e. The lowest BCUT2D eigenvalue weighted by Gasteiger charge is -2.26. The molecular formula is C15H16F2O3. The highest BCUT2D eigenvalue weighted by molar-refractivity contribution is 5.98. The number of hydrogen-bond donors (Lipinski definition) is 0. The molecule has 1 aliphatic carbocycles. The van der Waals surface area contributed by atoms with Crippen LogP contribution in [0.1, 0.15) is 36.0 Å². The van der Waals surface area contributed by atoms with Crippen molar-refractivity contribution in [2.24, 2.45) is 11.8 Å². The van der Waals surface area contributed by atoms with Gasteiger partial charge in [-0.05, 0) is 37.8 Å². The fraction of sp³-hybridized carbons (Fsp3) is 0.467. The van der Waals surface area contributed by atoms with Gasteiger partial charge in [-0.25, -0.2) is 8.78 Å². The van der Waals surface area contributed by atoms with Crippen LogP contribution in [0.4, 0.5) is 8.78 Å². The van der Waals surface area contributed by atoms with Crippen molar-refractivity contribution in [2.75, 3.05) is 7.11 Å². The molecule has 0 saturated heterocycles. The minimum Gasteiger partial charge on any atom is -0.469 e. The Morgan fingerprint density at radius 2 is 1.70 bits per heavy atom. The van der Waals surface area contributed by atoms with E-state index in [0.717, 1.165) is 6.07 Å². The molecule has 1 aliphatic rings. The maximum absolute atomic E-state index is 13.6. The van der Waals surface area contributed by atoms with Gasteiger partial charge in [0.2, 0.25) is 0 Å². The van der Waals surface area contributed by atoms with E-state index >= 15 is 0 Å². The van der Waals surface area contributed by atoms with Crippen molar-refractivity contribution in [2.45, 2.75) is 25.7 Å². The lowest BCUT2D eigenvalue weighted by atomic mass is 9.78. The minimum atomic E-state index is -0.829. The van der Waals surface area contributed by atoms with E-state index in [-0.39, 0.29) is 29.2 Å². The van der Waals surface area contributed by atoms with Crippen molar-refractivity contribution in [1.82, 2.24) is 0 Å². The third-order valence-corrected chi connectivity index (χ3v) is 3.83. The van der Waals surface area contributed by atoms with Gasteiger partial charge in [0.25, 0.3) is 0 Å². The Kier molecular flexibility index (Phi) is 4.47. The summed E-state index contributed by atoms with van der Waals surface area (Å²) in [6, 6.07) is 2.98. The third kappa shape index (κ3) is 3.03. The first-order valence-electron chi connectivity index (χ1n) is 6.60. The molecule has 0 aromatic heterocycles. The Morgan fingerprint density at radius 3 is 2.25 bits per heavy atom. The number of ether oxygens (including phenoxy) is 1. The summed E-state index contributed by atoms with van der Waals surface area (Å²) in [5, 5.41) is 0. The van der Waals surface area contributed by atoms with Crippen molar-refractivity contribution in [3.8, 4) is 0 Å². The van der Waals surface area contributed by atoms with E-state index in [0.29, 0.717) is 31.7 Å². The van der Waals surface area contributed by atoms with Gasteiger partial charge in [-0.3, -0.25) is 9.59 Å². The second-order valence-corrected chi connectivity index (χ2v) is 5.06. The molecule has 0 radical (unpaired) electrons. The summed E-state index contributed by atoms with van der Waals surface area (Å²) in [7, 11) is 1.34. The van der Waals surface area contributed by atoms with E-state index in [9.17, 15) is 18.4 Å². The van der Waals surface area contributed by atoms with Gasteiger partial charge in [0, 0.05) is 12.0 Å². The third-order valence-electron chi connectivity index (χ3n) is 3.83. The molecule has 1 aromatic carbocycles. The van der Waals surface area contributed by atoms with Gasteiger partial charge in [0.15, 0.2) is 5.78 Å². The molecule has 0 unspecified atom stereocenters. The van der Waals surface area contributed by atoms with Crippen LogP contribution >= 0.6 is 0 Å². The fourth-order valence-corrected chi connectivity index (χ4v) is 2.67. The Bertz CT molecular complexity index is 520. The molecule has 0 amide bonds. The molecule has 5 heteroatoms. The smallest absolute Gasteiger partial charge is 0.308 e. The molecular weight excluding hydrogens is 266 g/mol. The molecule has 0 spiro atoms. The van der Waals surface area contributed by atoms with E-state index in [1.54, 1.807) is 0 Å². The SMILES string of the molecule is COC(=O)C1CCC(C(=O)c2ccc(F)cc2F)CC1. The topological polar surface area (TPSA) is 43.4 Å². The molecule has 0 atom stereocenters. The molecule has 1 saturated carbocycles. The number of ketones is 1. The second kappa shape index (κ2) is 6.11. The summed E-state index contributed by atoms with van der Waals surface area (Å²) in [6.45, 7) is 0. The van der Waals surface area contributed by atoms with Crippen LogP contribution in [0.3, 0.4) is 0 Å². The average molecular weight is 282 g/mol. The molecule has 108 valence electrons. The first-order valence-corrected chi connectivity index (χ1v) is 6.60. The van der Waals surface area contributed by atoms with Gasteiger partial charge >= 0.3 is 5.97 Å². The van der Waals surface area contributed by atoms with E-state index in [4.69, 9.17) is 0 Å². The normalized spacial score (nSPS) is 22.4. The summed E-state index contributed by atoms with van der Waals surface area (Å²) < 4.78 is 31.1. The number of halogens is 2. The van der Waals surface area contributed by atoms with Crippen LogP contribution in [0.5, 0.6) is 0 Å². The Morgan fingerprint density at radius 1 is 1.10 bits per heavy atom. The van der Waals surface area contributed by atoms with Crippen molar-refractivity contribution in [3.63, 3.8) is 0 Å². The van der Waals surface area contributed by atoms with Gasteiger partial charge in [-0.1, -0.05) is 0 Å². The number of esters is 1. The van der Waals surface area contributed by atoms with E-state index in [2.05, 4.69) is 4.74 Å². The van der Waals surface area contributed by atoms with Crippen LogP contribution in [0.2, 0.25) is 0 Å². The first-order chi connectivity index (χ1) is 9.52. The molecule has 3 nitrogen and oxygen atoms in total. The van der Waals surface area contributed by atoms with E-state index in [1.807, 2.05) is 0 Å². The number of methoxy groups -OCH3 is 1. The minimum absolute atomic E-state index is 0.0760. The quantitative estimate of drug-likeness (QED) is 0.632. The van der Waals surface area contributed by atoms with Crippen LogP contribution < -0.4 is 0 Å². The van der Waals surface area contributed by atoms with Gasteiger partial charge < -0.3 is 4.74 Å². The van der Waals surface area contributed by atoms with Gasteiger partial charge in [0.1, 0.15) is 11.6 Å². The lowest BCUT2D eigenvalue weighted by Crippen LogP contribution is -2.27. The highest BCUT2D eigenvalue weighted by Gasteiger charge is 2.31. The number of benzene rings is 1. The Labute approximate surface area is 115 Å². The molecule has 0 heterocycles. The molecule has 1 aromatic rings. The van der Waals surface area contributed by atoms with Crippen LogP contribution in [0.25, 0.3) is 0 Å². The van der Waals surface area contributed by atoms with Gasteiger partial charge in [-0.2, -0.15) is 0 Å². The lowest BCUT2D eigenvalue weighted by molar-refractivity contribution is -0.146. The maximum Gasteiger partial charge on any atom is 0.308 e. The zero-order chi connectivity index (χ0) is 14.7. The van der Waals surface area contributed by atoms with Crippen LogP contribution in [-0.4, -0.2) is 18.9 Å². The van der Waals surface area contributed by atoms with E-state index < -0.39 is 11.6 Å². The zero-order valence-electron chi connectivity index (χ0n) is 11.2. The van der Waals surface area contributed by atoms with Crippen molar-refractivity contribution >= 4 is 11.8 Å². The molecule has 1 fully saturated rings. The summed E-state index contributed by atoms with van der Waals surface area (Å²) in [6.07, 6.45) is 2.17. The summed E-state index contributed by atoms with van der Waals surface area (Å²) in [5.41, 5.74) is -0.0760. The first kappa shape index (κ1) is 14.6. The van der Waals surface area contributed by atoms with Crippen LogP contribution in [0.15, 0.2) is 18.2 Å². The number of carbonyl (C=O) groups is 2. The molecule has 20 heavy (non-hydrogen) atoms. The highest BCUT2D eigenvalue weighted by Crippen LogP contribution is 2.32. The van der Waals surface area contributed by atoms with Crippen molar-refractivity contribution < 1.29 is 23.1 Å². The predicted molar refractivity (Wildman–Crippen MR) is 68.2 cm³/mol.